The molecule has 0 aliphatic rings. The molecular formula is C17H20N2O2. The van der Waals surface area contributed by atoms with E-state index in [0.717, 1.165) is 17.0 Å². The number of rotatable bonds is 5. The Kier molecular flexibility index (Phi) is 4.95. The molecule has 0 saturated heterocycles. The summed E-state index contributed by atoms with van der Waals surface area (Å²) in [5.41, 5.74) is 8.09. The second-order valence-corrected chi connectivity index (χ2v) is 4.70. The van der Waals surface area contributed by atoms with Crippen LogP contribution < -0.4 is 15.4 Å². The molecule has 4 heteroatoms. The quantitative estimate of drug-likeness (QED) is 0.918. The molecule has 4 nitrogen and oxygen atoms in total. The standard InChI is InChI=1S/C17H20N2O2/c1-3-21-16-9-7-14(8-10-16)17(20)19(2)15-6-4-5-13(11-15)12-18/h4-11H,3,12,18H2,1-2H3. The Morgan fingerprint density at radius 2 is 1.90 bits per heavy atom. The lowest BCUT2D eigenvalue weighted by Gasteiger charge is -2.18. The van der Waals surface area contributed by atoms with Gasteiger partial charge >= 0.3 is 0 Å². The van der Waals surface area contributed by atoms with Crippen LogP contribution in [0.25, 0.3) is 0 Å². The molecule has 0 aliphatic carbocycles. The van der Waals surface area contributed by atoms with E-state index in [9.17, 15) is 4.79 Å². The summed E-state index contributed by atoms with van der Waals surface area (Å²) < 4.78 is 5.38. The summed E-state index contributed by atoms with van der Waals surface area (Å²) in [6.45, 7) is 3.00. The Morgan fingerprint density at radius 1 is 1.19 bits per heavy atom. The van der Waals surface area contributed by atoms with Crippen molar-refractivity contribution < 1.29 is 9.53 Å². The molecule has 0 fully saturated rings. The second-order valence-electron chi connectivity index (χ2n) is 4.70. The maximum Gasteiger partial charge on any atom is 0.258 e. The number of hydrogen-bond donors (Lipinski definition) is 1. The number of hydrogen-bond acceptors (Lipinski definition) is 3. The summed E-state index contributed by atoms with van der Waals surface area (Å²) in [6.07, 6.45) is 0. The second kappa shape index (κ2) is 6.90. The highest BCUT2D eigenvalue weighted by molar-refractivity contribution is 6.05. The first kappa shape index (κ1) is 15.1. The first-order valence-corrected chi connectivity index (χ1v) is 6.95. The molecule has 0 atom stereocenters. The lowest BCUT2D eigenvalue weighted by Crippen LogP contribution is -2.26. The maximum atomic E-state index is 12.5. The van der Waals surface area contributed by atoms with Crippen molar-refractivity contribution in [1.29, 1.82) is 0 Å². The Bertz CT molecular complexity index is 608. The van der Waals surface area contributed by atoms with Gasteiger partial charge in [0.2, 0.25) is 0 Å². The predicted molar refractivity (Wildman–Crippen MR) is 84.7 cm³/mol. The number of anilines is 1. The number of amides is 1. The molecule has 0 bridgehead atoms. The van der Waals surface area contributed by atoms with Crippen molar-refractivity contribution >= 4 is 11.6 Å². The zero-order valence-electron chi connectivity index (χ0n) is 12.4. The van der Waals surface area contributed by atoms with Crippen molar-refractivity contribution in [3.05, 3.63) is 59.7 Å². The number of ether oxygens (including phenoxy) is 1. The van der Waals surface area contributed by atoms with Crippen LogP contribution in [0, 0.1) is 0 Å². The van der Waals surface area contributed by atoms with Crippen LogP contribution in [0.15, 0.2) is 48.5 Å². The van der Waals surface area contributed by atoms with Gasteiger partial charge in [0, 0.05) is 24.8 Å². The molecule has 1 amide bonds. The summed E-state index contributed by atoms with van der Waals surface area (Å²) in [4.78, 5) is 14.1. The normalized spacial score (nSPS) is 10.2. The lowest BCUT2D eigenvalue weighted by molar-refractivity contribution is 0.0993. The van der Waals surface area contributed by atoms with Gasteiger partial charge in [-0.25, -0.2) is 0 Å². The lowest BCUT2D eigenvalue weighted by atomic mass is 10.1. The number of nitrogens with two attached hydrogens (primary N) is 1. The SMILES string of the molecule is CCOc1ccc(C(=O)N(C)c2cccc(CN)c2)cc1. The Hall–Kier alpha value is -2.33. The van der Waals surface area contributed by atoms with Gasteiger partial charge in [0.15, 0.2) is 0 Å². The van der Waals surface area contributed by atoms with Gasteiger partial charge in [-0.3, -0.25) is 4.79 Å². The third kappa shape index (κ3) is 3.61. The van der Waals surface area contributed by atoms with Crippen molar-refractivity contribution in [1.82, 2.24) is 0 Å². The highest BCUT2D eigenvalue weighted by Crippen LogP contribution is 2.19. The predicted octanol–water partition coefficient (Wildman–Crippen LogP) is 2.82. The number of carbonyl (C=O) groups is 1. The molecule has 2 rings (SSSR count). The van der Waals surface area contributed by atoms with Crippen LogP contribution in [0.5, 0.6) is 5.75 Å². The molecule has 0 radical (unpaired) electrons. The van der Waals surface area contributed by atoms with Gasteiger partial charge in [-0.2, -0.15) is 0 Å². The van der Waals surface area contributed by atoms with Crippen molar-refractivity contribution in [3.63, 3.8) is 0 Å². The first-order valence-electron chi connectivity index (χ1n) is 6.95. The third-order valence-corrected chi connectivity index (χ3v) is 3.25. The molecule has 0 aromatic heterocycles. The maximum absolute atomic E-state index is 12.5. The van der Waals surface area contributed by atoms with Crippen LogP contribution in [0.2, 0.25) is 0 Å². The zero-order valence-corrected chi connectivity index (χ0v) is 12.4. The molecule has 2 N–H and O–H groups in total. The van der Waals surface area contributed by atoms with Crippen LogP contribution >= 0.6 is 0 Å². The molecular weight excluding hydrogens is 264 g/mol. The molecule has 0 aliphatic heterocycles. The zero-order chi connectivity index (χ0) is 15.2. The topological polar surface area (TPSA) is 55.6 Å². The minimum Gasteiger partial charge on any atom is -0.494 e. The van der Waals surface area contributed by atoms with Crippen molar-refractivity contribution in [2.45, 2.75) is 13.5 Å². The van der Waals surface area contributed by atoms with Gasteiger partial charge < -0.3 is 15.4 Å². The minimum atomic E-state index is -0.0628. The van der Waals surface area contributed by atoms with Gasteiger partial charge in [-0.1, -0.05) is 12.1 Å². The Labute approximate surface area is 125 Å². The van der Waals surface area contributed by atoms with E-state index >= 15 is 0 Å². The van der Waals surface area contributed by atoms with Gasteiger partial charge in [0.1, 0.15) is 5.75 Å². The van der Waals surface area contributed by atoms with E-state index in [0.29, 0.717) is 18.7 Å². The van der Waals surface area contributed by atoms with Gasteiger partial charge in [0.05, 0.1) is 6.61 Å². The van der Waals surface area contributed by atoms with Gasteiger partial charge in [-0.05, 0) is 48.9 Å². The van der Waals surface area contributed by atoms with Crippen LogP contribution in [-0.2, 0) is 6.54 Å². The minimum absolute atomic E-state index is 0.0628. The average molecular weight is 284 g/mol. The molecule has 0 unspecified atom stereocenters. The van der Waals surface area contributed by atoms with E-state index in [1.807, 2.05) is 31.2 Å². The fourth-order valence-electron chi connectivity index (χ4n) is 2.06. The van der Waals surface area contributed by atoms with Crippen LogP contribution in [0.4, 0.5) is 5.69 Å². The first-order chi connectivity index (χ1) is 10.2. The summed E-state index contributed by atoms with van der Waals surface area (Å²) >= 11 is 0. The molecule has 2 aromatic rings. The molecule has 0 saturated carbocycles. The Morgan fingerprint density at radius 3 is 2.52 bits per heavy atom. The average Bonchev–Trinajstić information content (AvgIpc) is 2.54. The fourth-order valence-corrected chi connectivity index (χ4v) is 2.06. The van der Waals surface area contributed by atoms with Gasteiger partial charge in [-0.15, -0.1) is 0 Å². The largest absolute Gasteiger partial charge is 0.494 e. The van der Waals surface area contributed by atoms with Gasteiger partial charge in [0.25, 0.3) is 5.91 Å². The van der Waals surface area contributed by atoms with E-state index < -0.39 is 0 Å². The Balaban J connectivity index is 2.17. The van der Waals surface area contributed by atoms with E-state index in [-0.39, 0.29) is 5.91 Å². The molecule has 21 heavy (non-hydrogen) atoms. The summed E-state index contributed by atoms with van der Waals surface area (Å²) in [7, 11) is 1.76. The number of nitrogens with zero attached hydrogens (tertiary/aromatic N) is 1. The molecule has 0 spiro atoms. The summed E-state index contributed by atoms with van der Waals surface area (Å²) in [6, 6.07) is 14.8. The smallest absolute Gasteiger partial charge is 0.258 e. The van der Waals surface area contributed by atoms with E-state index in [1.165, 1.54) is 0 Å². The number of benzene rings is 2. The van der Waals surface area contributed by atoms with Crippen LogP contribution in [-0.4, -0.2) is 19.6 Å². The highest BCUT2D eigenvalue weighted by Gasteiger charge is 2.13. The van der Waals surface area contributed by atoms with Crippen molar-refractivity contribution in [3.8, 4) is 5.75 Å². The summed E-state index contributed by atoms with van der Waals surface area (Å²) in [5.74, 6) is 0.703. The van der Waals surface area contributed by atoms with Crippen LogP contribution in [0.3, 0.4) is 0 Å². The van der Waals surface area contributed by atoms with Crippen molar-refractivity contribution in [2.24, 2.45) is 5.73 Å². The van der Waals surface area contributed by atoms with Crippen molar-refractivity contribution in [2.75, 3.05) is 18.6 Å². The number of carbonyl (C=O) groups excluding carboxylic acids is 1. The highest BCUT2D eigenvalue weighted by atomic mass is 16.5. The van der Waals surface area contributed by atoms with Crippen LogP contribution in [0.1, 0.15) is 22.8 Å². The van der Waals surface area contributed by atoms with E-state index in [2.05, 4.69) is 0 Å². The molecule has 2 aromatic carbocycles. The van der Waals surface area contributed by atoms with E-state index in [4.69, 9.17) is 10.5 Å². The summed E-state index contributed by atoms with van der Waals surface area (Å²) in [5, 5.41) is 0. The third-order valence-electron chi connectivity index (χ3n) is 3.25. The molecule has 0 heterocycles. The monoisotopic (exact) mass is 284 g/mol. The molecule has 110 valence electrons. The fraction of sp³-hybridized carbons (Fsp3) is 0.235. The van der Waals surface area contributed by atoms with E-state index in [1.54, 1.807) is 36.2 Å².